The summed E-state index contributed by atoms with van der Waals surface area (Å²) in [6, 6.07) is 5.88. The van der Waals surface area contributed by atoms with Crippen molar-refractivity contribution in [3.8, 4) is 0 Å². The first-order valence-corrected chi connectivity index (χ1v) is 8.61. The number of benzene rings is 1. The van der Waals surface area contributed by atoms with Gasteiger partial charge in [0.1, 0.15) is 0 Å². The van der Waals surface area contributed by atoms with E-state index in [-0.39, 0.29) is 6.23 Å². The van der Waals surface area contributed by atoms with E-state index in [1.54, 1.807) is 0 Å². The molecule has 1 atom stereocenters. The van der Waals surface area contributed by atoms with Gasteiger partial charge in [-0.15, -0.1) is 0 Å². The van der Waals surface area contributed by atoms with E-state index in [9.17, 15) is 9.90 Å². The summed E-state index contributed by atoms with van der Waals surface area (Å²) < 4.78 is 13.1. The monoisotopic (exact) mass is 330 g/mol. The molecule has 0 spiro atoms. The number of hydrogen-bond donors (Lipinski definition) is 1. The summed E-state index contributed by atoms with van der Waals surface area (Å²) in [5.74, 6) is -0.773. The van der Waals surface area contributed by atoms with Gasteiger partial charge in [-0.3, -0.25) is 4.79 Å². The van der Waals surface area contributed by atoms with Crippen molar-refractivity contribution in [1.82, 2.24) is 9.78 Å². The lowest BCUT2D eigenvalue weighted by Crippen LogP contribution is -2.41. The van der Waals surface area contributed by atoms with Gasteiger partial charge in [-0.2, -0.15) is 5.10 Å². The van der Waals surface area contributed by atoms with E-state index < -0.39 is 11.4 Å². The summed E-state index contributed by atoms with van der Waals surface area (Å²) in [5, 5.41) is 15.4. The van der Waals surface area contributed by atoms with Gasteiger partial charge in [0.25, 0.3) is 0 Å². The second kappa shape index (κ2) is 6.18. The number of rotatable bonds is 3. The first-order chi connectivity index (χ1) is 11.7. The van der Waals surface area contributed by atoms with Crippen LogP contribution in [0.1, 0.15) is 43.9 Å². The molecule has 4 rings (SSSR count). The lowest BCUT2D eigenvalue weighted by atomic mass is 9.74. The molecule has 6 nitrogen and oxygen atoms in total. The second-order valence-electron chi connectivity index (χ2n) is 6.68. The van der Waals surface area contributed by atoms with Crippen molar-refractivity contribution in [3.05, 3.63) is 30.0 Å². The van der Waals surface area contributed by atoms with E-state index in [1.807, 2.05) is 29.1 Å². The maximum atomic E-state index is 12.0. The van der Waals surface area contributed by atoms with E-state index in [1.165, 1.54) is 0 Å². The predicted molar refractivity (Wildman–Crippen MR) is 87.9 cm³/mol. The molecule has 3 heterocycles. The zero-order chi connectivity index (χ0) is 16.6. The van der Waals surface area contributed by atoms with Crippen LogP contribution in [0, 0.1) is 0 Å². The lowest BCUT2D eigenvalue weighted by Gasteiger charge is -2.33. The Morgan fingerprint density at radius 2 is 2.08 bits per heavy atom. The lowest BCUT2D eigenvalue weighted by molar-refractivity contribution is -0.147. The maximum absolute atomic E-state index is 12.0. The van der Waals surface area contributed by atoms with Crippen LogP contribution in [-0.4, -0.2) is 40.7 Å². The van der Waals surface area contributed by atoms with Crippen molar-refractivity contribution < 1.29 is 19.4 Å². The van der Waals surface area contributed by atoms with Crippen molar-refractivity contribution >= 4 is 16.9 Å². The Hall–Kier alpha value is -1.92. The van der Waals surface area contributed by atoms with Crippen molar-refractivity contribution in [2.45, 2.75) is 43.7 Å². The smallest absolute Gasteiger partial charge is 0.314 e. The van der Waals surface area contributed by atoms with Gasteiger partial charge >= 0.3 is 5.97 Å². The Labute approximate surface area is 140 Å². The molecule has 0 aliphatic carbocycles. The fraction of sp³-hybridized carbons (Fsp3) is 0.556. The second-order valence-corrected chi connectivity index (χ2v) is 6.68. The molecule has 2 aromatic rings. The van der Waals surface area contributed by atoms with Crippen LogP contribution in [0.25, 0.3) is 10.9 Å². The van der Waals surface area contributed by atoms with Crippen LogP contribution < -0.4 is 0 Å². The Morgan fingerprint density at radius 3 is 2.79 bits per heavy atom. The summed E-state index contributed by atoms with van der Waals surface area (Å²) in [7, 11) is 0. The summed E-state index contributed by atoms with van der Waals surface area (Å²) in [5.41, 5.74) is 0.921. The highest BCUT2D eigenvalue weighted by molar-refractivity contribution is 5.85. The third-order valence-corrected chi connectivity index (χ3v) is 5.34. The number of aromatic nitrogens is 2. The third kappa shape index (κ3) is 2.50. The molecule has 0 saturated carbocycles. The molecular formula is C18H22N2O4. The van der Waals surface area contributed by atoms with E-state index in [0.717, 1.165) is 42.3 Å². The number of ether oxygens (including phenoxy) is 2. The van der Waals surface area contributed by atoms with E-state index in [2.05, 4.69) is 5.10 Å². The molecule has 1 N–H and O–H groups in total. The van der Waals surface area contributed by atoms with Gasteiger partial charge in [0, 0.05) is 25.2 Å². The fourth-order valence-electron chi connectivity index (χ4n) is 3.83. The molecule has 6 heteroatoms. The van der Waals surface area contributed by atoms with E-state index in [4.69, 9.17) is 9.47 Å². The zero-order valence-electron chi connectivity index (χ0n) is 13.6. The molecule has 128 valence electrons. The molecule has 24 heavy (non-hydrogen) atoms. The highest BCUT2D eigenvalue weighted by Gasteiger charge is 2.42. The number of hydrogen-bond acceptors (Lipinski definition) is 4. The maximum Gasteiger partial charge on any atom is 0.314 e. The molecule has 2 aliphatic rings. The highest BCUT2D eigenvalue weighted by atomic mass is 16.5. The molecule has 1 aromatic carbocycles. The molecule has 2 aliphatic heterocycles. The zero-order valence-corrected chi connectivity index (χ0v) is 13.6. The Balaban J connectivity index is 1.77. The average Bonchev–Trinajstić information content (AvgIpc) is 3.06. The van der Waals surface area contributed by atoms with E-state index in [0.29, 0.717) is 26.1 Å². The first-order valence-electron chi connectivity index (χ1n) is 8.61. The summed E-state index contributed by atoms with van der Waals surface area (Å²) >= 11 is 0. The van der Waals surface area contributed by atoms with Crippen LogP contribution in [0.5, 0.6) is 0 Å². The van der Waals surface area contributed by atoms with Gasteiger partial charge in [-0.25, -0.2) is 4.68 Å². The van der Waals surface area contributed by atoms with Crippen LogP contribution >= 0.6 is 0 Å². The number of fused-ring (bicyclic) bond motifs is 1. The minimum atomic E-state index is -0.866. The average molecular weight is 330 g/mol. The van der Waals surface area contributed by atoms with Gasteiger partial charge in [-0.1, -0.05) is 12.1 Å². The number of carboxylic acid groups (broad SMARTS) is 1. The van der Waals surface area contributed by atoms with Crippen LogP contribution in [-0.2, 0) is 19.7 Å². The summed E-state index contributed by atoms with van der Waals surface area (Å²) in [6.45, 7) is 1.72. The Kier molecular flexibility index (Phi) is 4.02. The highest BCUT2D eigenvalue weighted by Crippen LogP contribution is 2.37. The van der Waals surface area contributed by atoms with Crippen LogP contribution in [0.2, 0.25) is 0 Å². The van der Waals surface area contributed by atoms with E-state index >= 15 is 0 Å². The van der Waals surface area contributed by atoms with Crippen molar-refractivity contribution in [1.29, 1.82) is 0 Å². The van der Waals surface area contributed by atoms with Crippen LogP contribution in [0.3, 0.4) is 0 Å². The van der Waals surface area contributed by atoms with Gasteiger partial charge < -0.3 is 14.6 Å². The normalized spacial score (nSPS) is 24.1. The Morgan fingerprint density at radius 1 is 1.25 bits per heavy atom. The number of carboxylic acids is 1. The predicted octanol–water partition coefficient (Wildman–Crippen LogP) is 2.87. The minimum absolute atomic E-state index is 0.0537. The number of nitrogens with zero attached hydrogens (tertiary/aromatic N) is 2. The first kappa shape index (κ1) is 15.6. The van der Waals surface area contributed by atoms with Gasteiger partial charge in [0.05, 0.1) is 17.1 Å². The largest absolute Gasteiger partial charge is 0.481 e. The molecule has 0 radical (unpaired) electrons. The third-order valence-electron chi connectivity index (χ3n) is 5.34. The molecule has 1 unspecified atom stereocenters. The summed E-state index contributed by atoms with van der Waals surface area (Å²) in [4.78, 5) is 12.0. The Bertz CT molecular complexity index is 743. The van der Waals surface area contributed by atoms with Gasteiger partial charge in [0.15, 0.2) is 6.23 Å². The van der Waals surface area contributed by atoms with Crippen LogP contribution in [0.15, 0.2) is 24.4 Å². The standard InChI is InChI=1S/C18H22N2O4/c21-17(22)18(6-9-23-10-7-18)14-5-4-13-12-19-20(15(13)11-14)16-3-1-2-8-24-16/h4-5,11-12,16H,1-3,6-10H2,(H,21,22). The van der Waals surface area contributed by atoms with Gasteiger partial charge in [-0.05, 0) is 43.7 Å². The molecule has 2 saturated heterocycles. The van der Waals surface area contributed by atoms with Crippen molar-refractivity contribution in [2.75, 3.05) is 19.8 Å². The molecular weight excluding hydrogens is 308 g/mol. The fourth-order valence-corrected chi connectivity index (χ4v) is 3.83. The molecule has 0 bridgehead atoms. The topological polar surface area (TPSA) is 73.6 Å². The summed E-state index contributed by atoms with van der Waals surface area (Å²) in [6.07, 6.45) is 5.93. The quantitative estimate of drug-likeness (QED) is 0.937. The minimum Gasteiger partial charge on any atom is -0.481 e. The number of carbonyl (C=O) groups is 1. The van der Waals surface area contributed by atoms with Gasteiger partial charge in [0.2, 0.25) is 0 Å². The number of aliphatic carboxylic acids is 1. The SMILES string of the molecule is O=C(O)C1(c2ccc3cnn(C4CCCCO4)c3c2)CCOCC1. The van der Waals surface area contributed by atoms with Crippen LogP contribution in [0.4, 0.5) is 0 Å². The van der Waals surface area contributed by atoms with Crippen molar-refractivity contribution in [3.63, 3.8) is 0 Å². The molecule has 2 fully saturated rings. The molecule has 1 aromatic heterocycles. The molecule has 0 amide bonds. The van der Waals surface area contributed by atoms with Crippen molar-refractivity contribution in [2.24, 2.45) is 0 Å².